The van der Waals surface area contributed by atoms with Gasteiger partial charge in [-0.05, 0) is 57.1 Å². The Bertz CT molecular complexity index is 1300. The van der Waals surface area contributed by atoms with Gasteiger partial charge in [0.25, 0.3) is 0 Å². The first-order valence-electron chi connectivity index (χ1n) is 9.46. The number of fused-ring (bicyclic) bond motifs is 4. The van der Waals surface area contributed by atoms with Crippen molar-refractivity contribution in [3.8, 4) is 11.1 Å². The predicted molar refractivity (Wildman–Crippen MR) is 115 cm³/mol. The first-order valence-corrected chi connectivity index (χ1v) is 9.46. The van der Waals surface area contributed by atoms with E-state index in [2.05, 4.69) is 93.6 Å². The van der Waals surface area contributed by atoms with Crippen LogP contribution in [0.25, 0.3) is 43.8 Å². The molecule has 5 rings (SSSR count). The van der Waals surface area contributed by atoms with Gasteiger partial charge >= 0.3 is 0 Å². The van der Waals surface area contributed by atoms with E-state index in [4.69, 9.17) is 4.42 Å². The number of hydrogen-bond acceptors (Lipinski definition) is 1. The molecule has 0 atom stereocenters. The highest BCUT2D eigenvalue weighted by Crippen LogP contribution is 2.40. The number of hydrogen-bond donors (Lipinski definition) is 0. The van der Waals surface area contributed by atoms with Crippen LogP contribution in [0, 0.1) is 0 Å². The molecule has 0 aliphatic rings. The third kappa shape index (κ3) is 2.62. The van der Waals surface area contributed by atoms with E-state index in [1.807, 2.05) is 6.07 Å². The zero-order valence-corrected chi connectivity index (χ0v) is 15.9. The van der Waals surface area contributed by atoms with Crippen molar-refractivity contribution in [1.29, 1.82) is 0 Å². The topological polar surface area (TPSA) is 13.1 Å². The van der Waals surface area contributed by atoms with Crippen LogP contribution in [0.2, 0.25) is 0 Å². The van der Waals surface area contributed by atoms with Gasteiger partial charge in [0.2, 0.25) is 0 Å². The van der Waals surface area contributed by atoms with Crippen molar-refractivity contribution < 1.29 is 4.42 Å². The summed E-state index contributed by atoms with van der Waals surface area (Å²) in [5.74, 6) is 0. The summed E-state index contributed by atoms with van der Waals surface area (Å²) in [6.45, 7) is 6.75. The van der Waals surface area contributed by atoms with Crippen LogP contribution in [0.1, 0.15) is 26.3 Å². The minimum Gasteiger partial charge on any atom is -0.456 e. The fraction of sp³-hybridized carbons (Fsp3) is 0.154. The fourth-order valence-corrected chi connectivity index (χ4v) is 3.87. The highest BCUT2D eigenvalue weighted by atomic mass is 16.3. The molecule has 0 radical (unpaired) electrons. The van der Waals surface area contributed by atoms with Gasteiger partial charge in [-0.1, -0.05) is 75.4 Å². The number of para-hydroxylation sites is 1. The van der Waals surface area contributed by atoms with E-state index in [1.165, 1.54) is 38.2 Å². The molecule has 0 unspecified atom stereocenters. The molecule has 0 aliphatic heterocycles. The van der Waals surface area contributed by atoms with Crippen LogP contribution >= 0.6 is 0 Å². The molecule has 0 saturated carbocycles. The standard InChI is InChI=1S/C26H22O/c1-26(2,3)20-15-22(19-13-12-17-8-4-5-9-18(17)14-19)25-21-10-6-7-11-23(21)27-24(25)16-20/h4-16H,1-3H3. The minimum absolute atomic E-state index is 0.0543. The Kier molecular flexibility index (Phi) is 3.42. The first kappa shape index (κ1) is 16.1. The van der Waals surface area contributed by atoms with Crippen LogP contribution in [0.4, 0.5) is 0 Å². The van der Waals surface area contributed by atoms with Gasteiger partial charge in [0.05, 0.1) is 0 Å². The molecule has 132 valence electrons. The second-order valence-corrected chi connectivity index (χ2v) is 8.31. The van der Waals surface area contributed by atoms with Gasteiger partial charge in [-0.3, -0.25) is 0 Å². The second kappa shape index (κ2) is 5.72. The molecule has 0 spiro atoms. The summed E-state index contributed by atoms with van der Waals surface area (Å²) in [4.78, 5) is 0. The SMILES string of the molecule is CC(C)(C)c1cc(-c2ccc3ccccc3c2)c2c(c1)oc1ccccc12. The normalized spacial score (nSPS) is 12.3. The van der Waals surface area contributed by atoms with Crippen molar-refractivity contribution >= 4 is 32.7 Å². The van der Waals surface area contributed by atoms with Crippen LogP contribution in [-0.2, 0) is 5.41 Å². The number of benzene rings is 4. The van der Waals surface area contributed by atoms with Gasteiger partial charge in [-0.15, -0.1) is 0 Å². The molecular weight excluding hydrogens is 328 g/mol. The molecule has 4 aromatic carbocycles. The molecule has 5 aromatic rings. The Balaban J connectivity index is 1.90. The zero-order chi connectivity index (χ0) is 18.6. The lowest BCUT2D eigenvalue weighted by atomic mass is 9.84. The molecule has 1 heteroatoms. The van der Waals surface area contributed by atoms with E-state index in [-0.39, 0.29) is 5.41 Å². The van der Waals surface area contributed by atoms with Crippen LogP contribution in [0.15, 0.2) is 83.3 Å². The largest absolute Gasteiger partial charge is 0.456 e. The second-order valence-electron chi connectivity index (χ2n) is 8.31. The quantitative estimate of drug-likeness (QED) is 0.302. The lowest BCUT2D eigenvalue weighted by Gasteiger charge is -2.20. The number of rotatable bonds is 1. The van der Waals surface area contributed by atoms with Crippen molar-refractivity contribution in [2.24, 2.45) is 0 Å². The fourth-order valence-electron chi connectivity index (χ4n) is 3.87. The molecule has 1 nitrogen and oxygen atoms in total. The van der Waals surface area contributed by atoms with E-state index in [9.17, 15) is 0 Å². The summed E-state index contributed by atoms with van der Waals surface area (Å²) in [5.41, 5.74) is 5.73. The highest BCUT2D eigenvalue weighted by Gasteiger charge is 2.20. The maximum absolute atomic E-state index is 6.24. The van der Waals surface area contributed by atoms with Gasteiger partial charge in [0, 0.05) is 10.8 Å². The summed E-state index contributed by atoms with van der Waals surface area (Å²) in [6, 6.07) is 28.1. The monoisotopic (exact) mass is 350 g/mol. The Hall–Kier alpha value is -3.06. The summed E-state index contributed by atoms with van der Waals surface area (Å²) < 4.78 is 6.24. The molecular formula is C26H22O. The molecule has 0 bridgehead atoms. The zero-order valence-electron chi connectivity index (χ0n) is 15.9. The summed E-state index contributed by atoms with van der Waals surface area (Å²) >= 11 is 0. The third-order valence-corrected chi connectivity index (χ3v) is 5.40. The predicted octanol–water partition coefficient (Wildman–Crippen LogP) is 7.70. The Morgan fingerprint density at radius 3 is 2.22 bits per heavy atom. The number of furan rings is 1. The minimum atomic E-state index is 0.0543. The maximum atomic E-state index is 6.24. The van der Waals surface area contributed by atoms with Crippen molar-refractivity contribution in [3.05, 3.63) is 84.4 Å². The van der Waals surface area contributed by atoms with Crippen LogP contribution < -0.4 is 0 Å². The van der Waals surface area contributed by atoms with Crippen molar-refractivity contribution in [1.82, 2.24) is 0 Å². The van der Waals surface area contributed by atoms with Gasteiger partial charge < -0.3 is 4.42 Å². The molecule has 0 N–H and O–H groups in total. The van der Waals surface area contributed by atoms with Crippen molar-refractivity contribution in [3.63, 3.8) is 0 Å². The van der Waals surface area contributed by atoms with Gasteiger partial charge in [-0.2, -0.15) is 0 Å². The highest BCUT2D eigenvalue weighted by molar-refractivity contribution is 6.13. The van der Waals surface area contributed by atoms with Crippen LogP contribution in [0.5, 0.6) is 0 Å². The average molecular weight is 350 g/mol. The van der Waals surface area contributed by atoms with E-state index >= 15 is 0 Å². The summed E-state index contributed by atoms with van der Waals surface area (Å²) in [7, 11) is 0. The lowest BCUT2D eigenvalue weighted by molar-refractivity contribution is 0.588. The lowest BCUT2D eigenvalue weighted by Crippen LogP contribution is -2.11. The first-order chi connectivity index (χ1) is 13.0. The molecule has 27 heavy (non-hydrogen) atoms. The Morgan fingerprint density at radius 2 is 1.41 bits per heavy atom. The molecule has 0 aliphatic carbocycles. The smallest absolute Gasteiger partial charge is 0.136 e. The van der Waals surface area contributed by atoms with Gasteiger partial charge in [0.1, 0.15) is 11.2 Å². The molecule has 1 aromatic heterocycles. The van der Waals surface area contributed by atoms with E-state index in [0.717, 1.165) is 11.2 Å². The molecule has 0 amide bonds. The van der Waals surface area contributed by atoms with Gasteiger partial charge in [-0.25, -0.2) is 0 Å². The Labute approximate surface area is 159 Å². The van der Waals surface area contributed by atoms with Crippen LogP contribution in [-0.4, -0.2) is 0 Å². The van der Waals surface area contributed by atoms with Crippen molar-refractivity contribution in [2.45, 2.75) is 26.2 Å². The molecule has 1 heterocycles. The summed E-state index contributed by atoms with van der Waals surface area (Å²) in [5, 5.41) is 4.91. The van der Waals surface area contributed by atoms with E-state index < -0.39 is 0 Å². The van der Waals surface area contributed by atoms with Crippen molar-refractivity contribution in [2.75, 3.05) is 0 Å². The Morgan fingerprint density at radius 1 is 0.667 bits per heavy atom. The maximum Gasteiger partial charge on any atom is 0.136 e. The van der Waals surface area contributed by atoms with Gasteiger partial charge in [0.15, 0.2) is 0 Å². The molecule has 0 fully saturated rings. The summed E-state index contributed by atoms with van der Waals surface area (Å²) in [6.07, 6.45) is 0. The van der Waals surface area contributed by atoms with Crippen LogP contribution in [0.3, 0.4) is 0 Å². The molecule has 0 saturated heterocycles. The van der Waals surface area contributed by atoms with E-state index in [0.29, 0.717) is 0 Å². The van der Waals surface area contributed by atoms with E-state index in [1.54, 1.807) is 0 Å². The average Bonchev–Trinajstić information content (AvgIpc) is 3.05. The third-order valence-electron chi connectivity index (χ3n) is 5.40.